The first-order valence-electron chi connectivity index (χ1n) is 8.06. The second kappa shape index (κ2) is 6.80. The van der Waals surface area contributed by atoms with E-state index in [1.54, 1.807) is 0 Å². The van der Waals surface area contributed by atoms with E-state index in [0.717, 1.165) is 41.9 Å². The van der Waals surface area contributed by atoms with Gasteiger partial charge in [-0.15, -0.1) is 0 Å². The molecular formula is C16H29BrN4. The summed E-state index contributed by atoms with van der Waals surface area (Å²) >= 11 is 3.66. The van der Waals surface area contributed by atoms with Gasteiger partial charge in [-0.2, -0.15) is 5.10 Å². The van der Waals surface area contributed by atoms with E-state index < -0.39 is 0 Å². The lowest BCUT2D eigenvalue weighted by atomic mass is 9.71. The Morgan fingerprint density at radius 1 is 1.48 bits per heavy atom. The highest BCUT2D eigenvalue weighted by Gasteiger charge is 2.43. The van der Waals surface area contributed by atoms with Gasteiger partial charge in [0.15, 0.2) is 0 Å². The van der Waals surface area contributed by atoms with Gasteiger partial charge in [0.25, 0.3) is 0 Å². The maximum absolute atomic E-state index is 6.79. The third-order valence-corrected chi connectivity index (χ3v) is 5.78. The van der Waals surface area contributed by atoms with Crippen LogP contribution in [0.4, 0.5) is 0 Å². The minimum Gasteiger partial charge on any atom is -0.321 e. The fraction of sp³-hybridized carbons (Fsp3) is 0.812. The van der Waals surface area contributed by atoms with Gasteiger partial charge in [0.1, 0.15) is 0 Å². The molecule has 1 atom stereocenters. The van der Waals surface area contributed by atoms with E-state index in [0.29, 0.717) is 0 Å². The van der Waals surface area contributed by atoms with E-state index in [-0.39, 0.29) is 11.6 Å². The van der Waals surface area contributed by atoms with Crippen molar-refractivity contribution < 1.29 is 0 Å². The molecule has 0 amide bonds. The highest BCUT2D eigenvalue weighted by Crippen LogP contribution is 2.43. The quantitative estimate of drug-likeness (QED) is 0.876. The molecule has 1 heterocycles. The summed E-state index contributed by atoms with van der Waals surface area (Å²) in [4.78, 5) is 2.35. The lowest BCUT2D eigenvalue weighted by Gasteiger charge is -2.48. The van der Waals surface area contributed by atoms with Crippen LogP contribution in [0.25, 0.3) is 0 Å². The molecule has 2 rings (SSSR count). The second-order valence-corrected chi connectivity index (χ2v) is 7.61. The van der Waals surface area contributed by atoms with E-state index in [9.17, 15) is 0 Å². The van der Waals surface area contributed by atoms with Gasteiger partial charge in [-0.3, -0.25) is 4.68 Å². The number of rotatable bonds is 5. The molecule has 1 fully saturated rings. The Labute approximate surface area is 137 Å². The van der Waals surface area contributed by atoms with Gasteiger partial charge in [0, 0.05) is 12.1 Å². The van der Waals surface area contributed by atoms with Crippen LogP contribution in [0, 0.1) is 5.92 Å². The zero-order valence-electron chi connectivity index (χ0n) is 13.8. The topological polar surface area (TPSA) is 47.1 Å². The van der Waals surface area contributed by atoms with Crippen molar-refractivity contribution in [2.24, 2.45) is 11.7 Å². The van der Waals surface area contributed by atoms with Gasteiger partial charge in [-0.05, 0) is 68.0 Å². The number of nitrogens with zero attached hydrogens (tertiary/aromatic N) is 3. The Hall–Kier alpha value is -0.390. The van der Waals surface area contributed by atoms with Crippen molar-refractivity contribution in [1.82, 2.24) is 14.7 Å². The Morgan fingerprint density at radius 3 is 2.62 bits per heavy atom. The molecule has 0 aromatic carbocycles. The van der Waals surface area contributed by atoms with Crippen molar-refractivity contribution in [1.29, 1.82) is 0 Å². The molecule has 2 N–H and O–H groups in total. The average molecular weight is 357 g/mol. The maximum Gasteiger partial charge on any atom is 0.0712 e. The van der Waals surface area contributed by atoms with E-state index >= 15 is 0 Å². The highest BCUT2D eigenvalue weighted by molar-refractivity contribution is 9.10. The Balaban J connectivity index is 2.35. The number of hydrogen-bond donors (Lipinski definition) is 1. The van der Waals surface area contributed by atoms with Crippen molar-refractivity contribution in [2.45, 2.75) is 64.1 Å². The lowest BCUT2D eigenvalue weighted by Crippen LogP contribution is -2.54. The predicted octanol–water partition coefficient (Wildman–Crippen LogP) is 3.57. The summed E-state index contributed by atoms with van der Waals surface area (Å²) in [5.74, 6) is 0.814. The number of halogens is 1. The fourth-order valence-corrected chi connectivity index (χ4v) is 4.17. The SMILES string of the molecule is CCCn1ncc(Br)c1C(N)C1(N(C)C)CCC(C)CC1. The molecule has 120 valence electrons. The molecule has 0 spiro atoms. The molecule has 0 radical (unpaired) electrons. The molecule has 1 saturated carbocycles. The van der Waals surface area contributed by atoms with Crippen molar-refractivity contribution in [3.63, 3.8) is 0 Å². The molecule has 0 bridgehead atoms. The minimum absolute atomic E-state index is 0.0107. The van der Waals surface area contributed by atoms with Crippen LogP contribution >= 0.6 is 15.9 Å². The van der Waals surface area contributed by atoms with Crippen molar-refractivity contribution in [2.75, 3.05) is 14.1 Å². The highest BCUT2D eigenvalue weighted by atomic mass is 79.9. The number of aryl methyl sites for hydroxylation is 1. The van der Waals surface area contributed by atoms with Crippen molar-refractivity contribution >= 4 is 15.9 Å². The third-order valence-electron chi connectivity index (χ3n) is 5.17. The molecule has 0 aliphatic heterocycles. The first-order valence-corrected chi connectivity index (χ1v) is 8.86. The molecule has 1 aliphatic rings. The molecule has 0 saturated heterocycles. The molecule has 4 nitrogen and oxygen atoms in total. The Bertz CT molecular complexity index is 461. The van der Waals surface area contributed by atoms with Gasteiger partial charge in [0.05, 0.1) is 22.4 Å². The van der Waals surface area contributed by atoms with Gasteiger partial charge < -0.3 is 10.6 Å². The molecule has 1 aliphatic carbocycles. The van der Waals surface area contributed by atoms with Crippen LogP contribution in [0.1, 0.15) is 57.7 Å². The van der Waals surface area contributed by atoms with Crippen LogP contribution in [0.3, 0.4) is 0 Å². The smallest absolute Gasteiger partial charge is 0.0712 e. The van der Waals surface area contributed by atoms with Crippen LogP contribution in [0.15, 0.2) is 10.7 Å². The monoisotopic (exact) mass is 356 g/mol. The summed E-state index contributed by atoms with van der Waals surface area (Å²) < 4.78 is 3.13. The van der Waals surface area contributed by atoms with Crippen molar-refractivity contribution in [3.05, 3.63) is 16.4 Å². The van der Waals surface area contributed by atoms with Crippen LogP contribution in [-0.4, -0.2) is 34.3 Å². The van der Waals surface area contributed by atoms with E-state index in [4.69, 9.17) is 5.73 Å². The van der Waals surface area contributed by atoms with Gasteiger partial charge in [-0.1, -0.05) is 13.8 Å². The molecule has 21 heavy (non-hydrogen) atoms. The van der Waals surface area contributed by atoms with E-state index in [1.165, 1.54) is 12.8 Å². The Morgan fingerprint density at radius 2 is 2.10 bits per heavy atom. The maximum atomic E-state index is 6.79. The summed E-state index contributed by atoms with van der Waals surface area (Å²) in [7, 11) is 4.34. The predicted molar refractivity (Wildman–Crippen MR) is 91.2 cm³/mol. The number of aromatic nitrogens is 2. The lowest BCUT2D eigenvalue weighted by molar-refractivity contribution is 0.0533. The van der Waals surface area contributed by atoms with Gasteiger partial charge in [-0.25, -0.2) is 0 Å². The number of nitrogens with two attached hydrogens (primary N) is 1. The zero-order valence-corrected chi connectivity index (χ0v) is 15.4. The molecule has 1 unspecified atom stereocenters. The standard InChI is InChI=1S/C16H29BrN4/c1-5-10-21-14(13(17)11-19-21)15(18)16(20(3)4)8-6-12(2)7-9-16/h11-12,15H,5-10,18H2,1-4H3. The molecule has 5 heteroatoms. The summed E-state index contributed by atoms with van der Waals surface area (Å²) in [5.41, 5.74) is 7.99. The van der Waals surface area contributed by atoms with Gasteiger partial charge >= 0.3 is 0 Å². The van der Waals surface area contributed by atoms with Crippen LogP contribution < -0.4 is 5.73 Å². The summed E-state index contributed by atoms with van der Waals surface area (Å²) in [6.07, 6.45) is 7.79. The summed E-state index contributed by atoms with van der Waals surface area (Å²) in [6, 6.07) is -0.0107. The first-order chi connectivity index (χ1) is 9.92. The largest absolute Gasteiger partial charge is 0.321 e. The van der Waals surface area contributed by atoms with Gasteiger partial charge in [0.2, 0.25) is 0 Å². The first kappa shape index (κ1) is 17.0. The zero-order chi connectivity index (χ0) is 15.6. The summed E-state index contributed by atoms with van der Waals surface area (Å²) in [5, 5.41) is 4.50. The van der Waals surface area contributed by atoms with Crippen LogP contribution in [0.2, 0.25) is 0 Å². The number of likely N-dealkylation sites (N-methyl/N-ethyl adjacent to an activating group) is 1. The minimum atomic E-state index is -0.0107. The molecular weight excluding hydrogens is 328 g/mol. The van der Waals surface area contributed by atoms with Crippen LogP contribution in [0.5, 0.6) is 0 Å². The molecule has 1 aromatic heterocycles. The normalized spacial score (nSPS) is 28.0. The Kier molecular flexibility index (Phi) is 5.49. The number of hydrogen-bond acceptors (Lipinski definition) is 3. The van der Waals surface area contributed by atoms with Crippen molar-refractivity contribution in [3.8, 4) is 0 Å². The van der Waals surface area contributed by atoms with E-state index in [1.807, 2.05) is 6.20 Å². The van der Waals surface area contributed by atoms with Crippen LogP contribution in [-0.2, 0) is 6.54 Å². The average Bonchev–Trinajstić information content (AvgIpc) is 2.80. The van der Waals surface area contributed by atoms with E-state index in [2.05, 4.69) is 58.6 Å². The third kappa shape index (κ3) is 3.20. The fourth-order valence-electron chi connectivity index (χ4n) is 3.62. The second-order valence-electron chi connectivity index (χ2n) is 6.76. The summed E-state index contributed by atoms with van der Waals surface area (Å²) in [6.45, 7) is 5.45. The molecule has 1 aromatic rings.